The summed E-state index contributed by atoms with van der Waals surface area (Å²) in [5.41, 5.74) is 1.86. The molecule has 0 aliphatic carbocycles. The van der Waals surface area contributed by atoms with E-state index in [0.29, 0.717) is 30.4 Å². The predicted molar refractivity (Wildman–Crippen MR) is 95.7 cm³/mol. The maximum Gasteiger partial charge on any atom is 0.251 e. The maximum absolute atomic E-state index is 12.3. The van der Waals surface area contributed by atoms with Gasteiger partial charge in [0.25, 0.3) is 5.91 Å². The predicted octanol–water partition coefficient (Wildman–Crippen LogP) is 2.75. The molecule has 0 spiro atoms. The zero-order chi connectivity index (χ0) is 16.8. The molecule has 0 saturated carbocycles. The van der Waals surface area contributed by atoms with Gasteiger partial charge in [-0.2, -0.15) is 0 Å². The summed E-state index contributed by atoms with van der Waals surface area (Å²) in [5.74, 6) is 1.85. The summed E-state index contributed by atoms with van der Waals surface area (Å²) in [7, 11) is 0. The molecule has 2 N–H and O–H groups in total. The molecule has 1 aliphatic heterocycles. The van der Waals surface area contributed by atoms with E-state index in [2.05, 4.69) is 11.4 Å². The highest BCUT2D eigenvalue weighted by Crippen LogP contribution is 2.26. The van der Waals surface area contributed by atoms with Crippen molar-refractivity contribution in [2.45, 2.75) is 11.3 Å². The molecule has 1 atom stereocenters. The molecule has 24 heavy (non-hydrogen) atoms. The number of carbonyl (C=O) groups is 1. The Morgan fingerprint density at radius 2 is 2.00 bits per heavy atom. The largest absolute Gasteiger partial charge is 0.493 e. The second-order valence-electron chi connectivity index (χ2n) is 5.80. The van der Waals surface area contributed by atoms with Crippen LogP contribution in [0.4, 0.5) is 0 Å². The SMILES string of the molecule is O=C(NC[C@@H]1COc2ccccc2C1)c1ccc(SCCO)cc1. The van der Waals surface area contributed by atoms with E-state index in [-0.39, 0.29) is 12.5 Å². The van der Waals surface area contributed by atoms with Crippen molar-refractivity contribution in [3.63, 3.8) is 0 Å². The molecule has 1 aliphatic rings. The fourth-order valence-corrected chi connectivity index (χ4v) is 3.38. The van der Waals surface area contributed by atoms with Gasteiger partial charge in [0.2, 0.25) is 0 Å². The molecule has 1 heterocycles. The Bertz CT molecular complexity index is 687. The molecule has 3 rings (SSSR count). The fraction of sp³-hybridized carbons (Fsp3) is 0.316. The summed E-state index contributed by atoms with van der Waals surface area (Å²) in [6, 6.07) is 15.5. The second kappa shape index (κ2) is 8.22. The van der Waals surface area contributed by atoms with Crippen molar-refractivity contribution in [1.82, 2.24) is 5.32 Å². The quantitative estimate of drug-likeness (QED) is 0.792. The van der Waals surface area contributed by atoms with E-state index >= 15 is 0 Å². The van der Waals surface area contributed by atoms with Crippen LogP contribution in [0.15, 0.2) is 53.4 Å². The topological polar surface area (TPSA) is 58.6 Å². The minimum absolute atomic E-state index is 0.0624. The number of hydrogen-bond donors (Lipinski definition) is 2. The Hall–Kier alpha value is -1.98. The van der Waals surface area contributed by atoms with E-state index in [4.69, 9.17) is 9.84 Å². The Kier molecular flexibility index (Phi) is 5.77. The molecule has 0 fully saturated rings. The Morgan fingerprint density at radius 1 is 1.21 bits per heavy atom. The van der Waals surface area contributed by atoms with Gasteiger partial charge in [0.1, 0.15) is 5.75 Å². The first-order chi connectivity index (χ1) is 11.8. The van der Waals surface area contributed by atoms with Crippen LogP contribution in [0.1, 0.15) is 15.9 Å². The van der Waals surface area contributed by atoms with E-state index in [0.717, 1.165) is 17.1 Å². The van der Waals surface area contributed by atoms with Crippen LogP contribution in [-0.4, -0.2) is 36.5 Å². The van der Waals surface area contributed by atoms with Crippen LogP contribution in [0.25, 0.3) is 0 Å². The first-order valence-corrected chi connectivity index (χ1v) is 9.07. The summed E-state index contributed by atoms with van der Waals surface area (Å²) in [6.45, 7) is 1.39. The third kappa shape index (κ3) is 4.30. The molecular weight excluding hydrogens is 322 g/mol. The molecule has 0 unspecified atom stereocenters. The number of amides is 1. The summed E-state index contributed by atoms with van der Waals surface area (Å²) in [5, 5.41) is 11.8. The molecule has 2 aromatic carbocycles. The van der Waals surface area contributed by atoms with Crippen LogP contribution in [0.2, 0.25) is 0 Å². The number of hydrogen-bond acceptors (Lipinski definition) is 4. The molecular formula is C19H21NO3S. The molecule has 2 aromatic rings. The van der Waals surface area contributed by atoms with Gasteiger partial charge in [-0.25, -0.2) is 0 Å². The number of rotatable bonds is 6. The zero-order valence-corrected chi connectivity index (χ0v) is 14.2. The number of thioether (sulfide) groups is 1. The van der Waals surface area contributed by atoms with Gasteiger partial charge in [-0.3, -0.25) is 4.79 Å². The monoisotopic (exact) mass is 343 g/mol. The minimum Gasteiger partial charge on any atom is -0.493 e. The van der Waals surface area contributed by atoms with Gasteiger partial charge in [-0.15, -0.1) is 11.8 Å². The van der Waals surface area contributed by atoms with Crippen LogP contribution in [0.5, 0.6) is 5.75 Å². The normalized spacial score (nSPS) is 16.1. The Morgan fingerprint density at radius 3 is 2.79 bits per heavy atom. The number of fused-ring (bicyclic) bond motifs is 1. The summed E-state index contributed by atoms with van der Waals surface area (Å²) >= 11 is 1.57. The summed E-state index contributed by atoms with van der Waals surface area (Å²) in [6.07, 6.45) is 0.924. The van der Waals surface area contributed by atoms with E-state index in [9.17, 15) is 4.79 Å². The summed E-state index contributed by atoms with van der Waals surface area (Å²) < 4.78 is 5.75. The Balaban J connectivity index is 1.51. The maximum atomic E-state index is 12.3. The van der Waals surface area contributed by atoms with Gasteiger partial charge in [-0.05, 0) is 42.3 Å². The van der Waals surface area contributed by atoms with E-state index in [1.807, 2.05) is 42.5 Å². The lowest BCUT2D eigenvalue weighted by atomic mass is 9.96. The molecule has 1 amide bonds. The third-order valence-corrected chi connectivity index (χ3v) is 4.98. The van der Waals surface area contributed by atoms with Crippen molar-refractivity contribution in [2.75, 3.05) is 25.5 Å². The Labute approximate surface area is 146 Å². The van der Waals surface area contributed by atoms with Crippen LogP contribution in [-0.2, 0) is 6.42 Å². The molecule has 5 heteroatoms. The smallest absolute Gasteiger partial charge is 0.251 e. The molecule has 0 bridgehead atoms. The lowest BCUT2D eigenvalue weighted by Crippen LogP contribution is -2.34. The van der Waals surface area contributed by atoms with Gasteiger partial charge in [0.15, 0.2) is 0 Å². The lowest BCUT2D eigenvalue weighted by Gasteiger charge is -2.25. The van der Waals surface area contributed by atoms with Crippen molar-refractivity contribution >= 4 is 17.7 Å². The van der Waals surface area contributed by atoms with E-state index in [1.54, 1.807) is 11.8 Å². The van der Waals surface area contributed by atoms with Crippen molar-refractivity contribution < 1.29 is 14.6 Å². The molecule has 0 saturated heterocycles. The third-order valence-electron chi connectivity index (χ3n) is 3.98. The van der Waals surface area contributed by atoms with Crippen molar-refractivity contribution in [3.05, 3.63) is 59.7 Å². The number of benzene rings is 2. The molecule has 4 nitrogen and oxygen atoms in total. The standard InChI is InChI=1S/C19H21NO3S/c21-9-10-24-17-7-5-15(6-8-17)19(22)20-12-14-11-16-3-1-2-4-18(16)23-13-14/h1-8,14,21H,9-13H2,(H,20,22)/t14-/m1/s1. The lowest BCUT2D eigenvalue weighted by molar-refractivity contribution is 0.0939. The van der Waals surface area contributed by atoms with Gasteiger partial charge >= 0.3 is 0 Å². The second-order valence-corrected chi connectivity index (χ2v) is 6.96. The number of nitrogens with one attached hydrogen (secondary N) is 1. The average Bonchev–Trinajstić information content (AvgIpc) is 2.64. The number of aliphatic hydroxyl groups excluding tert-OH is 1. The minimum atomic E-state index is -0.0624. The van der Waals surface area contributed by atoms with Crippen molar-refractivity contribution in [3.8, 4) is 5.75 Å². The van der Waals surface area contributed by atoms with Gasteiger partial charge in [0.05, 0.1) is 13.2 Å². The van der Waals surface area contributed by atoms with Crippen LogP contribution >= 0.6 is 11.8 Å². The van der Waals surface area contributed by atoms with E-state index in [1.165, 1.54) is 5.56 Å². The number of para-hydroxylation sites is 1. The van der Waals surface area contributed by atoms with Crippen LogP contribution in [0.3, 0.4) is 0 Å². The number of carbonyl (C=O) groups excluding carboxylic acids is 1. The number of ether oxygens (including phenoxy) is 1. The molecule has 126 valence electrons. The van der Waals surface area contributed by atoms with Crippen molar-refractivity contribution in [2.24, 2.45) is 5.92 Å². The molecule has 0 radical (unpaired) electrons. The van der Waals surface area contributed by atoms with Gasteiger partial charge in [0, 0.05) is 28.7 Å². The highest BCUT2D eigenvalue weighted by molar-refractivity contribution is 7.99. The average molecular weight is 343 g/mol. The van der Waals surface area contributed by atoms with Gasteiger partial charge < -0.3 is 15.2 Å². The van der Waals surface area contributed by atoms with Crippen LogP contribution < -0.4 is 10.1 Å². The first kappa shape index (κ1) is 16.9. The van der Waals surface area contributed by atoms with Gasteiger partial charge in [-0.1, -0.05) is 18.2 Å². The highest BCUT2D eigenvalue weighted by Gasteiger charge is 2.20. The highest BCUT2D eigenvalue weighted by atomic mass is 32.2. The van der Waals surface area contributed by atoms with Crippen molar-refractivity contribution in [1.29, 1.82) is 0 Å². The fourth-order valence-electron chi connectivity index (χ4n) is 2.73. The van der Waals surface area contributed by atoms with Crippen LogP contribution in [0, 0.1) is 5.92 Å². The number of aliphatic hydroxyl groups is 1. The van der Waals surface area contributed by atoms with E-state index < -0.39 is 0 Å². The first-order valence-electron chi connectivity index (χ1n) is 8.09. The molecule has 0 aromatic heterocycles. The summed E-state index contributed by atoms with van der Waals surface area (Å²) in [4.78, 5) is 13.3. The zero-order valence-electron chi connectivity index (χ0n) is 13.4.